The Labute approximate surface area is 111 Å². The van der Waals surface area contributed by atoms with E-state index in [9.17, 15) is 22.8 Å². The molecule has 4 nitrogen and oxygen atoms in total. The van der Waals surface area contributed by atoms with Gasteiger partial charge < -0.3 is 4.98 Å². The van der Waals surface area contributed by atoms with Crippen molar-refractivity contribution >= 4 is 10.9 Å². The molecular formula is C13H13F3N2O2. The number of H-pyrrole nitrogens is 1. The van der Waals surface area contributed by atoms with E-state index in [4.69, 9.17) is 0 Å². The number of hydrogen-bond acceptors (Lipinski definition) is 2. The van der Waals surface area contributed by atoms with Crippen LogP contribution in [0, 0.1) is 0 Å². The first-order chi connectivity index (χ1) is 9.01. The third kappa shape index (κ3) is 2.35. The Morgan fingerprint density at radius 1 is 1.10 bits per heavy atom. The second-order valence-corrected chi connectivity index (χ2v) is 5.50. The minimum Gasteiger partial charge on any atom is -0.307 e. The molecule has 0 saturated carbocycles. The van der Waals surface area contributed by atoms with Gasteiger partial charge in [-0.15, -0.1) is 0 Å². The zero-order valence-electron chi connectivity index (χ0n) is 11.1. The summed E-state index contributed by atoms with van der Waals surface area (Å²) < 4.78 is 38.8. The van der Waals surface area contributed by atoms with E-state index in [1.54, 1.807) is 20.8 Å². The van der Waals surface area contributed by atoms with E-state index in [2.05, 4.69) is 4.98 Å². The van der Waals surface area contributed by atoms with Gasteiger partial charge in [0.2, 0.25) is 0 Å². The minimum absolute atomic E-state index is 0.0486. The predicted octanol–water partition coefficient (Wildman–Crippen LogP) is 2.46. The van der Waals surface area contributed by atoms with Crippen molar-refractivity contribution in [2.24, 2.45) is 0 Å². The average Bonchev–Trinajstić information content (AvgIpc) is 2.24. The highest BCUT2D eigenvalue weighted by Crippen LogP contribution is 2.30. The van der Waals surface area contributed by atoms with Crippen LogP contribution in [0.2, 0.25) is 0 Å². The lowest BCUT2D eigenvalue weighted by Gasteiger charge is -2.21. The van der Waals surface area contributed by atoms with Gasteiger partial charge in [-0.05, 0) is 39.0 Å². The predicted molar refractivity (Wildman–Crippen MR) is 68.8 cm³/mol. The average molecular weight is 286 g/mol. The van der Waals surface area contributed by atoms with Crippen molar-refractivity contribution < 1.29 is 13.2 Å². The second kappa shape index (κ2) is 4.22. The number of halogens is 3. The Bertz CT molecular complexity index is 779. The lowest BCUT2D eigenvalue weighted by Crippen LogP contribution is -2.44. The highest BCUT2D eigenvalue weighted by Gasteiger charge is 2.31. The van der Waals surface area contributed by atoms with Crippen LogP contribution in [0.3, 0.4) is 0 Å². The van der Waals surface area contributed by atoms with Gasteiger partial charge in [-0.2, -0.15) is 13.2 Å². The fourth-order valence-corrected chi connectivity index (χ4v) is 2.00. The topological polar surface area (TPSA) is 54.9 Å². The maximum atomic E-state index is 12.6. The molecule has 1 aromatic heterocycles. The van der Waals surface area contributed by atoms with Crippen molar-refractivity contribution in [1.29, 1.82) is 0 Å². The summed E-state index contributed by atoms with van der Waals surface area (Å²) >= 11 is 0. The van der Waals surface area contributed by atoms with Crippen LogP contribution >= 0.6 is 0 Å². The lowest BCUT2D eigenvalue weighted by molar-refractivity contribution is -0.137. The molecule has 20 heavy (non-hydrogen) atoms. The third-order valence-electron chi connectivity index (χ3n) is 2.90. The molecule has 0 aliphatic rings. The number of benzene rings is 1. The molecule has 2 aromatic rings. The van der Waals surface area contributed by atoms with Gasteiger partial charge in [0.1, 0.15) is 0 Å². The smallest absolute Gasteiger partial charge is 0.307 e. The molecule has 0 spiro atoms. The quantitative estimate of drug-likeness (QED) is 0.808. The highest BCUT2D eigenvalue weighted by atomic mass is 19.4. The SMILES string of the molecule is CC(C)(C)n1c(=O)[nH]c2cc(C(F)(F)F)ccc2c1=O. The van der Waals surface area contributed by atoms with Gasteiger partial charge in [0.05, 0.1) is 16.5 Å². The molecule has 2 rings (SSSR count). The molecular weight excluding hydrogens is 273 g/mol. The van der Waals surface area contributed by atoms with Crippen molar-refractivity contribution in [2.45, 2.75) is 32.5 Å². The number of aromatic amines is 1. The summed E-state index contributed by atoms with van der Waals surface area (Å²) in [6.45, 7) is 5.00. The summed E-state index contributed by atoms with van der Waals surface area (Å²) in [5, 5.41) is 0.0486. The van der Waals surface area contributed by atoms with E-state index in [1.807, 2.05) is 0 Å². The van der Waals surface area contributed by atoms with Crippen molar-refractivity contribution in [3.05, 3.63) is 44.6 Å². The van der Waals surface area contributed by atoms with Gasteiger partial charge in [-0.25, -0.2) is 4.79 Å². The van der Waals surface area contributed by atoms with Crippen LogP contribution in [0.4, 0.5) is 13.2 Å². The summed E-state index contributed by atoms with van der Waals surface area (Å²) in [5.74, 6) is 0. The van der Waals surface area contributed by atoms with E-state index in [1.165, 1.54) is 0 Å². The van der Waals surface area contributed by atoms with E-state index in [0.29, 0.717) is 0 Å². The maximum absolute atomic E-state index is 12.6. The standard InChI is InChI=1S/C13H13F3N2O2/c1-12(2,3)18-10(19)8-5-4-7(13(14,15)16)6-9(8)17-11(18)20/h4-6H,1-3H3,(H,17,20). The Morgan fingerprint density at radius 2 is 1.70 bits per heavy atom. The zero-order chi connectivity index (χ0) is 15.3. The van der Waals surface area contributed by atoms with Gasteiger partial charge in [-0.3, -0.25) is 9.36 Å². The van der Waals surface area contributed by atoms with E-state index < -0.39 is 28.5 Å². The molecule has 0 unspecified atom stereocenters. The number of nitrogens with zero attached hydrogens (tertiary/aromatic N) is 1. The molecule has 0 bridgehead atoms. The first-order valence-electron chi connectivity index (χ1n) is 5.88. The van der Waals surface area contributed by atoms with Crippen molar-refractivity contribution in [1.82, 2.24) is 9.55 Å². The monoisotopic (exact) mass is 286 g/mol. The molecule has 0 saturated heterocycles. The molecule has 0 aliphatic heterocycles. The lowest BCUT2D eigenvalue weighted by atomic mass is 10.1. The second-order valence-electron chi connectivity index (χ2n) is 5.50. The van der Waals surface area contributed by atoms with Crippen molar-refractivity contribution in [3.8, 4) is 0 Å². The van der Waals surface area contributed by atoms with Crippen LogP contribution < -0.4 is 11.2 Å². The Morgan fingerprint density at radius 3 is 2.20 bits per heavy atom. The Balaban J connectivity index is 2.85. The van der Waals surface area contributed by atoms with E-state index >= 15 is 0 Å². The molecule has 0 aliphatic carbocycles. The molecule has 0 atom stereocenters. The molecule has 0 fully saturated rings. The van der Waals surface area contributed by atoms with Crippen LogP contribution in [0.1, 0.15) is 26.3 Å². The highest BCUT2D eigenvalue weighted by molar-refractivity contribution is 5.78. The number of rotatable bonds is 0. The van der Waals surface area contributed by atoms with Gasteiger partial charge in [0, 0.05) is 5.54 Å². The number of fused-ring (bicyclic) bond motifs is 1. The van der Waals surface area contributed by atoms with Crippen molar-refractivity contribution in [3.63, 3.8) is 0 Å². The first kappa shape index (κ1) is 14.4. The molecule has 7 heteroatoms. The summed E-state index contributed by atoms with van der Waals surface area (Å²) in [5.41, 5.74) is -3.12. The van der Waals surface area contributed by atoms with Gasteiger partial charge in [0.15, 0.2) is 0 Å². The molecule has 1 heterocycles. The van der Waals surface area contributed by atoms with Gasteiger partial charge >= 0.3 is 11.9 Å². The molecule has 1 aromatic carbocycles. The summed E-state index contributed by atoms with van der Waals surface area (Å²) in [7, 11) is 0. The fourth-order valence-electron chi connectivity index (χ4n) is 2.00. The maximum Gasteiger partial charge on any atom is 0.416 e. The van der Waals surface area contributed by atoms with Crippen LogP contribution in [-0.4, -0.2) is 9.55 Å². The molecule has 0 radical (unpaired) electrons. The molecule has 108 valence electrons. The molecule has 0 amide bonds. The van der Waals surface area contributed by atoms with Crippen LogP contribution in [0.5, 0.6) is 0 Å². The van der Waals surface area contributed by atoms with Gasteiger partial charge in [0.25, 0.3) is 5.56 Å². The summed E-state index contributed by atoms with van der Waals surface area (Å²) in [6, 6.07) is 2.68. The Hall–Kier alpha value is -2.05. The first-order valence-corrected chi connectivity index (χ1v) is 5.88. The third-order valence-corrected chi connectivity index (χ3v) is 2.90. The number of hydrogen-bond donors (Lipinski definition) is 1. The van der Waals surface area contributed by atoms with E-state index in [-0.39, 0.29) is 10.9 Å². The van der Waals surface area contributed by atoms with E-state index in [0.717, 1.165) is 22.8 Å². The Kier molecular flexibility index (Phi) is 3.03. The zero-order valence-corrected chi connectivity index (χ0v) is 11.1. The molecule has 1 N–H and O–H groups in total. The largest absolute Gasteiger partial charge is 0.416 e. The summed E-state index contributed by atoms with van der Waals surface area (Å²) in [6.07, 6.45) is -4.52. The van der Waals surface area contributed by atoms with Crippen LogP contribution in [0.25, 0.3) is 10.9 Å². The fraction of sp³-hybridized carbons (Fsp3) is 0.385. The number of nitrogens with one attached hydrogen (secondary N) is 1. The minimum atomic E-state index is -4.52. The van der Waals surface area contributed by atoms with Crippen LogP contribution in [-0.2, 0) is 11.7 Å². The van der Waals surface area contributed by atoms with Gasteiger partial charge in [-0.1, -0.05) is 0 Å². The normalized spacial score (nSPS) is 12.9. The van der Waals surface area contributed by atoms with Crippen LogP contribution in [0.15, 0.2) is 27.8 Å². The van der Waals surface area contributed by atoms with Crippen molar-refractivity contribution in [2.75, 3.05) is 0 Å². The number of aromatic nitrogens is 2. The summed E-state index contributed by atoms with van der Waals surface area (Å²) in [4.78, 5) is 26.4. The number of alkyl halides is 3.